The molecule has 0 aromatic carbocycles. The fourth-order valence-corrected chi connectivity index (χ4v) is 2.00. The van der Waals surface area contributed by atoms with Gasteiger partial charge in [0.2, 0.25) is 0 Å². The van der Waals surface area contributed by atoms with Crippen LogP contribution >= 0.6 is 20.9 Å². The number of rotatable bonds is 11. The molecule has 0 rings (SSSR count). The van der Waals surface area contributed by atoms with Crippen LogP contribution in [0.5, 0.6) is 0 Å². The summed E-state index contributed by atoms with van der Waals surface area (Å²) < 4.78 is 20.9. The van der Waals surface area contributed by atoms with Crippen molar-refractivity contribution in [2.45, 2.75) is 45.4 Å². The van der Waals surface area contributed by atoms with E-state index in [1.807, 2.05) is 0 Å². The predicted octanol–water partition coefficient (Wildman–Crippen LogP) is 3.97. The molecule has 0 amide bonds. The maximum absolute atomic E-state index is 11.0. The summed E-state index contributed by atoms with van der Waals surface area (Å²) in [6.45, 7) is 3.12. The summed E-state index contributed by atoms with van der Waals surface area (Å²) in [7, 11) is -1.91. The Balaban J connectivity index is 3.06. The van der Waals surface area contributed by atoms with E-state index in [4.69, 9.17) is 9.05 Å². The molecule has 0 saturated heterocycles. The Morgan fingerprint density at radius 1 is 1.00 bits per heavy atom. The Morgan fingerprint density at radius 2 is 1.60 bits per heavy atom. The van der Waals surface area contributed by atoms with Gasteiger partial charge in [-0.15, -0.1) is 9.05 Å². The van der Waals surface area contributed by atoms with E-state index in [2.05, 4.69) is 19.6 Å². The van der Waals surface area contributed by atoms with Crippen LogP contribution in [0.15, 0.2) is 0 Å². The first kappa shape index (κ1) is 15.4. The van der Waals surface area contributed by atoms with E-state index in [1.165, 1.54) is 25.7 Å². The molecule has 0 saturated carbocycles. The van der Waals surface area contributed by atoms with Crippen molar-refractivity contribution in [3.8, 4) is 0 Å². The molecular weight excluding hydrogens is 231 g/mol. The normalized spacial score (nSPS) is 11.7. The summed E-state index contributed by atoms with van der Waals surface area (Å²) in [5.74, 6) is 0.571. The first-order chi connectivity index (χ1) is 7.31. The molecule has 15 heavy (non-hydrogen) atoms. The Labute approximate surface area is 99.3 Å². The van der Waals surface area contributed by atoms with E-state index in [1.54, 1.807) is 0 Å². The minimum absolute atomic E-state index is 0.384. The third-order valence-corrected chi connectivity index (χ3v) is 2.95. The minimum atomic E-state index is -1.91. The van der Waals surface area contributed by atoms with Crippen LogP contribution in [0.4, 0.5) is 0 Å². The van der Waals surface area contributed by atoms with Gasteiger partial charge in [-0.25, -0.2) is 0 Å². The monoisotopic (exact) mass is 253 g/mol. The largest absolute Gasteiger partial charge is 0.697 e. The molecule has 0 bridgehead atoms. The molecule has 0 heterocycles. The topological polar surface area (TPSA) is 35.5 Å². The molecule has 3 nitrogen and oxygen atoms in total. The van der Waals surface area contributed by atoms with Crippen LogP contribution in [-0.4, -0.2) is 19.0 Å². The van der Waals surface area contributed by atoms with Crippen LogP contribution in [0.3, 0.4) is 0 Å². The van der Waals surface area contributed by atoms with E-state index in [0.29, 0.717) is 19.0 Å². The second-order valence-electron chi connectivity index (χ2n) is 3.38. The highest BCUT2D eigenvalue weighted by molar-refractivity contribution is 7.80. The number of hydrogen-bond acceptors (Lipinski definition) is 4. The minimum Gasteiger partial charge on any atom is -0.177 e. The van der Waals surface area contributed by atoms with Gasteiger partial charge >= 0.3 is 8.25 Å². The van der Waals surface area contributed by atoms with Gasteiger partial charge in [0, 0.05) is 10.3 Å². The molecule has 0 aliphatic heterocycles. The van der Waals surface area contributed by atoms with Crippen molar-refractivity contribution in [1.82, 2.24) is 0 Å². The number of hydrogen-bond donors (Lipinski definition) is 1. The molecule has 1 atom stereocenters. The van der Waals surface area contributed by atoms with Gasteiger partial charge in [0.25, 0.3) is 0 Å². The van der Waals surface area contributed by atoms with Gasteiger partial charge in [-0.05, 0) is 6.42 Å². The van der Waals surface area contributed by atoms with Crippen molar-refractivity contribution in [3.63, 3.8) is 0 Å². The summed E-state index contributed by atoms with van der Waals surface area (Å²) in [4.78, 5) is 0. The first-order valence-corrected chi connectivity index (χ1v) is 7.38. The van der Waals surface area contributed by atoms with Gasteiger partial charge in [-0.3, -0.25) is 0 Å². The van der Waals surface area contributed by atoms with E-state index < -0.39 is 8.25 Å². The fourth-order valence-electron chi connectivity index (χ4n) is 1.17. The first-order valence-electron chi connectivity index (χ1n) is 5.65. The van der Waals surface area contributed by atoms with Gasteiger partial charge in [0.15, 0.2) is 0 Å². The van der Waals surface area contributed by atoms with E-state index in [9.17, 15) is 4.57 Å². The zero-order chi connectivity index (χ0) is 11.4. The van der Waals surface area contributed by atoms with Gasteiger partial charge in [0.1, 0.15) is 13.2 Å². The molecule has 0 aromatic rings. The van der Waals surface area contributed by atoms with Crippen molar-refractivity contribution in [3.05, 3.63) is 0 Å². The van der Waals surface area contributed by atoms with Crippen LogP contribution in [0.1, 0.15) is 45.4 Å². The lowest BCUT2D eigenvalue weighted by Gasteiger charge is -1.96. The Morgan fingerprint density at radius 3 is 2.27 bits per heavy atom. The zero-order valence-corrected chi connectivity index (χ0v) is 11.3. The Bertz CT molecular complexity index is 156. The maximum Gasteiger partial charge on any atom is 0.697 e. The fraction of sp³-hybridized carbons (Fsp3) is 1.00. The van der Waals surface area contributed by atoms with Gasteiger partial charge in [-0.1, -0.05) is 39.0 Å². The third-order valence-electron chi connectivity index (χ3n) is 1.98. The van der Waals surface area contributed by atoms with Crippen molar-refractivity contribution >= 4 is 20.9 Å². The molecule has 0 radical (unpaired) electrons. The molecule has 5 heteroatoms. The second kappa shape index (κ2) is 12.4. The Kier molecular flexibility index (Phi) is 12.7. The average molecular weight is 253 g/mol. The highest BCUT2D eigenvalue weighted by Crippen LogP contribution is 2.23. The highest BCUT2D eigenvalue weighted by Gasteiger charge is 2.18. The van der Waals surface area contributed by atoms with Crippen LogP contribution < -0.4 is 0 Å². The summed E-state index contributed by atoms with van der Waals surface area (Å²) in [5, 5.41) is 0. The molecule has 0 spiro atoms. The molecule has 0 aliphatic carbocycles. The smallest absolute Gasteiger partial charge is 0.177 e. The molecule has 1 unspecified atom stereocenters. The van der Waals surface area contributed by atoms with E-state index >= 15 is 0 Å². The molecule has 0 fully saturated rings. The van der Waals surface area contributed by atoms with Crippen molar-refractivity contribution < 1.29 is 13.6 Å². The Hall–Kier alpha value is 0.370. The van der Waals surface area contributed by atoms with Crippen molar-refractivity contribution in [2.24, 2.45) is 0 Å². The lowest BCUT2D eigenvalue weighted by Crippen LogP contribution is -1.92. The molecule has 0 aliphatic rings. The highest BCUT2D eigenvalue weighted by atomic mass is 32.1. The van der Waals surface area contributed by atoms with Gasteiger partial charge in [0.05, 0.1) is 0 Å². The third kappa shape index (κ3) is 12.3. The van der Waals surface area contributed by atoms with Gasteiger partial charge in [-0.2, -0.15) is 12.6 Å². The zero-order valence-electron chi connectivity index (χ0n) is 9.48. The SMILES string of the molecule is CCCCCCCCO[P+](=O)OCCS. The maximum atomic E-state index is 11.0. The predicted molar refractivity (Wildman–Crippen MR) is 66.7 cm³/mol. The summed E-state index contributed by atoms with van der Waals surface area (Å²) >= 11 is 3.94. The summed E-state index contributed by atoms with van der Waals surface area (Å²) in [6, 6.07) is 0. The van der Waals surface area contributed by atoms with Crippen molar-refractivity contribution in [1.29, 1.82) is 0 Å². The second-order valence-corrected chi connectivity index (χ2v) is 4.79. The average Bonchev–Trinajstić information content (AvgIpc) is 2.25. The number of thiol groups is 1. The van der Waals surface area contributed by atoms with Crippen LogP contribution in [0.25, 0.3) is 0 Å². The van der Waals surface area contributed by atoms with E-state index in [0.717, 1.165) is 12.8 Å². The molecular formula is C10H22O3PS+. The quantitative estimate of drug-likeness (QED) is 0.344. The van der Waals surface area contributed by atoms with Gasteiger partial charge < -0.3 is 0 Å². The standard InChI is InChI=1S/C10H21O3PS/c1-2-3-4-5-6-7-8-12-14(11)13-9-10-15/h2-10H2,1H3/p+1. The lowest BCUT2D eigenvalue weighted by molar-refractivity contribution is 0.231. The van der Waals surface area contributed by atoms with Crippen LogP contribution in [-0.2, 0) is 13.6 Å². The van der Waals surface area contributed by atoms with E-state index in [-0.39, 0.29) is 0 Å². The molecule has 0 aromatic heterocycles. The van der Waals surface area contributed by atoms with Crippen molar-refractivity contribution in [2.75, 3.05) is 19.0 Å². The number of unbranched alkanes of at least 4 members (excludes halogenated alkanes) is 5. The molecule has 90 valence electrons. The van der Waals surface area contributed by atoms with Crippen LogP contribution in [0.2, 0.25) is 0 Å². The summed E-state index contributed by atoms with van der Waals surface area (Å²) in [5.41, 5.74) is 0. The summed E-state index contributed by atoms with van der Waals surface area (Å²) in [6.07, 6.45) is 7.22. The molecule has 0 N–H and O–H groups in total. The van der Waals surface area contributed by atoms with Crippen LogP contribution in [0, 0.1) is 0 Å². The lowest BCUT2D eigenvalue weighted by atomic mass is 10.1.